The summed E-state index contributed by atoms with van der Waals surface area (Å²) in [6.45, 7) is 2.63. The largest absolute Gasteiger partial charge is 0.481 e. The predicted octanol–water partition coefficient (Wildman–Crippen LogP) is 3.40. The van der Waals surface area contributed by atoms with Crippen LogP contribution in [0.5, 0.6) is 0 Å². The number of aliphatic carboxylic acids is 1. The molecule has 1 aliphatic rings. The van der Waals surface area contributed by atoms with Crippen LogP contribution in [0.2, 0.25) is 0 Å². The fourth-order valence-electron chi connectivity index (χ4n) is 1.98. The van der Waals surface area contributed by atoms with E-state index in [4.69, 9.17) is 5.11 Å². The minimum atomic E-state index is -0.815. The van der Waals surface area contributed by atoms with Gasteiger partial charge in [-0.3, -0.25) is 4.79 Å². The first kappa shape index (κ1) is 15.3. The van der Waals surface area contributed by atoms with E-state index in [1.165, 1.54) is 0 Å². The van der Waals surface area contributed by atoms with Gasteiger partial charge in [0.05, 0.1) is 11.6 Å². The highest BCUT2D eigenvalue weighted by Crippen LogP contribution is 2.28. The Balaban J connectivity index is 1.92. The van der Waals surface area contributed by atoms with Gasteiger partial charge >= 0.3 is 12.0 Å². The molecule has 2 N–H and O–H groups in total. The van der Waals surface area contributed by atoms with Crippen LogP contribution in [-0.2, 0) is 4.79 Å². The lowest BCUT2D eigenvalue weighted by Crippen LogP contribution is -2.54. The summed E-state index contributed by atoms with van der Waals surface area (Å²) >= 11 is 6.72. The van der Waals surface area contributed by atoms with E-state index < -0.39 is 11.9 Å². The Morgan fingerprint density at radius 3 is 2.65 bits per heavy atom. The predicted molar refractivity (Wildman–Crippen MR) is 82.7 cm³/mol. The van der Waals surface area contributed by atoms with Gasteiger partial charge in [0.1, 0.15) is 0 Å². The number of carbonyl (C=O) groups is 2. The molecule has 108 valence electrons. The van der Waals surface area contributed by atoms with Crippen molar-refractivity contribution in [3.05, 3.63) is 27.1 Å². The number of urea groups is 1. The molecular weight excluding hydrogens is 392 g/mol. The van der Waals surface area contributed by atoms with Crippen LogP contribution in [0.1, 0.15) is 6.92 Å². The summed E-state index contributed by atoms with van der Waals surface area (Å²) in [5, 5.41) is 11.7. The van der Waals surface area contributed by atoms with E-state index in [2.05, 4.69) is 37.2 Å². The number of carboxylic acids is 1. The summed E-state index contributed by atoms with van der Waals surface area (Å²) in [5.74, 6) is -1.20. The summed E-state index contributed by atoms with van der Waals surface area (Å²) in [7, 11) is 0. The maximum absolute atomic E-state index is 12.0. The van der Waals surface area contributed by atoms with Crippen LogP contribution in [0.25, 0.3) is 0 Å². The third kappa shape index (κ3) is 3.32. The molecule has 20 heavy (non-hydrogen) atoms. The molecule has 0 aliphatic carbocycles. The number of hydrogen-bond acceptors (Lipinski definition) is 2. The van der Waals surface area contributed by atoms with Crippen molar-refractivity contribution in [2.45, 2.75) is 6.92 Å². The maximum atomic E-state index is 12.0. The first-order valence-corrected chi connectivity index (χ1v) is 7.71. The van der Waals surface area contributed by atoms with Gasteiger partial charge in [-0.1, -0.05) is 22.9 Å². The van der Waals surface area contributed by atoms with Gasteiger partial charge in [-0.25, -0.2) is 4.79 Å². The molecule has 1 fully saturated rings. The van der Waals surface area contributed by atoms with Gasteiger partial charge in [0, 0.05) is 28.0 Å². The van der Waals surface area contributed by atoms with Gasteiger partial charge in [-0.15, -0.1) is 0 Å². The number of carbonyl (C=O) groups excluding carboxylic acids is 1. The topological polar surface area (TPSA) is 69.6 Å². The molecule has 1 unspecified atom stereocenters. The molecule has 1 aromatic rings. The van der Waals surface area contributed by atoms with E-state index in [1.807, 2.05) is 12.1 Å². The Morgan fingerprint density at radius 1 is 1.40 bits per heavy atom. The standard InChI is InChI=1S/C13H14Br2N2O3/c1-7(12(18)19)8-5-17(6-8)13(20)16-11-4-9(14)2-3-10(11)15/h2-4,7-8H,5-6H2,1H3,(H,16,20)(H,18,19). The number of benzene rings is 1. The molecule has 1 aromatic carbocycles. The lowest BCUT2D eigenvalue weighted by atomic mass is 9.87. The molecule has 2 amide bonds. The zero-order valence-electron chi connectivity index (χ0n) is 10.8. The molecule has 0 spiro atoms. The Kier molecular flexibility index (Phi) is 4.70. The molecule has 1 heterocycles. The first-order chi connectivity index (χ1) is 9.38. The summed E-state index contributed by atoms with van der Waals surface area (Å²) in [6, 6.07) is 5.30. The summed E-state index contributed by atoms with van der Waals surface area (Å²) < 4.78 is 1.67. The highest BCUT2D eigenvalue weighted by atomic mass is 79.9. The van der Waals surface area contributed by atoms with E-state index >= 15 is 0 Å². The van der Waals surface area contributed by atoms with Crippen molar-refractivity contribution in [2.75, 3.05) is 18.4 Å². The fraction of sp³-hybridized carbons (Fsp3) is 0.385. The molecule has 0 saturated carbocycles. The van der Waals surface area contributed by atoms with E-state index in [0.29, 0.717) is 18.8 Å². The van der Waals surface area contributed by atoms with Crippen LogP contribution >= 0.6 is 31.9 Å². The monoisotopic (exact) mass is 404 g/mol. The second kappa shape index (κ2) is 6.13. The highest BCUT2D eigenvalue weighted by molar-refractivity contribution is 9.11. The molecule has 1 aliphatic heterocycles. The number of likely N-dealkylation sites (tertiary alicyclic amines) is 1. The minimum absolute atomic E-state index is 0.0317. The summed E-state index contributed by atoms with van der Waals surface area (Å²) in [4.78, 5) is 24.5. The number of anilines is 1. The van der Waals surface area contributed by atoms with Crippen molar-refractivity contribution >= 4 is 49.5 Å². The molecule has 0 radical (unpaired) electrons. The second-order valence-corrected chi connectivity index (χ2v) is 6.62. The van der Waals surface area contributed by atoms with Gasteiger partial charge < -0.3 is 15.3 Å². The van der Waals surface area contributed by atoms with Gasteiger partial charge in [-0.2, -0.15) is 0 Å². The van der Waals surface area contributed by atoms with Crippen molar-refractivity contribution in [1.29, 1.82) is 0 Å². The van der Waals surface area contributed by atoms with Crippen LogP contribution in [0.4, 0.5) is 10.5 Å². The van der Waals surface area contributed by atoms with E-state index in [9.17, 15) is 9.59 Å². The molecule has 0 bridgehead atoms. The number of nitrogens with one attached hydrogen (secondary N) is 1. The molecule has 7 heteroatoms. The van der Waals surface area contributed by atoms with Crippen molar-refractivity contribution in [2.24, 2.45) is 11.8 Å². The van der Waals surface area contributed by atoms with Gasteiger partial charge in [0.2, 0.25) is 0 Å². The van der Waals surface area contributed by atoms with Crippen LogP contribution in [0, 0.1) is 11.8 Å². The minimum Gasteiger partial charge on any atom is -0.481 e. The van der Waals surface area contributed by atoms with Gasteiger partial charge in [-0.05, 0) is 34.1 Å². The van der Waals surface area contributed by atoms with Crippen LogP contribution in [0.15, 0.2) is 27.1 Å². The Labute approximate surface area is 133 Å². The normalized spacial score (nSPS) is 16.4. The van der Waals surface area contributed by atoms with Crippen LogP contribution in [0.3, 0.4) is 0 Å². The number of rotatable bonds is 3. The van der Waals surface area contributed by atoms with Crippen LogP contribution < -0.4 is 5.32 Å². The molecular formula is C13H14Br2N2O3. The number of hydrogen-bond donors (Lipinski definition) is 2. The maximum Gasteiger partial charge on any atom is 0.321 e. The molecule has 1 saturated heterocycles. The molecule has 0 aromatic heterocycles. The number of halogens is 2. The first-order valence-electron chi connectivity index (χ1n) is 6.12. The average molecular weight is 406 g/mol. The molecule has 5 nitrogen and oxygen atoms in total. The van der Waals surface area contributed by atoms with Crippen LogP contribution in [-0.4, -0.2) is 35.1 Å². The fourth-order valence-corrected chi connectivity index (χ4v) is 2.69. The molecule has 1 atom stereocenters. The van der Waals surface area contributed by atoms with Gasteiger partial charge in [0.25, 0.3) is 0 Å². The highest BCUT2D eigenvalue weighted by Gasteiger charge is 2.37. The SMILES string of the molecule is CC(C(=O)O)C1CN(C(=O)Nc2cc(Br)ccc2Br)C1. The third-order valence-corrected chi connectivity index (χ3v) is 4.65. The Hall–Kier alpha value is -1.08. The van der Waals surface area contributed by atoms with Crippen molar-refractivity contribution in [3.8, 4) is 0 Å². The lowest BCUT2D eigenvalue weighted by molar-refractivity contribution is -0.144. The van der Waals surface area contributed by atoms with Gasteiger partial charge in [0.15, 0.2) is 0 Å². The van der Waals surface area contributed by atoms with E-state index in [-0.39, 0.29) is 11.9 Å². The number of nitrogens with zero attached hydrogens (tertiary/aromatic N) is 1. The second-order valence-electron chi connectivity index (χ2n) is 4.85. The summed E-state index contributed by atoms with van der Waals surface area (Å²) in [5.41, 5.74) is 0.680. The summed E-state index contributed by atoms with van der Waals surface area (Å²) in [6.07, 6.45) is 0. The Bertz CT molecular complexity index is 544. The smallest absolute Gasteiger partial charge is 0.321 e. The zero-order valence-corrected chi connectivity index (χ0v) is 13.9. The lowest BCUT2D eigenvalue weighted by Gasteiger charge is -2.41. The Morgan fingerprint density at radius 2 is 2.05 bits per heavy atom. The van der Waals surface area contributed by atoms with Crippen molar-refractivity contribution in [1.82, 2.24) is 4.90 Å². The van der Waals surface area contributed by atoms with Crippen molar-refractivity contribution < 1.29 is 14.7 Å². The number of carboxylic acid groups (broad SMARTS) is 1. The van der Waals surface area contributed by atoms with E-state index in [1.54, 1.807) is 17.9 Å². The van der Waals surface area contributed by atoms with E-state index in [0.717, 1.165) is 8.95 Å². The molecule has 2 rings (SSSR count). The average Bonchev–Trinajstić information content (AvgIpc) is 2.31. The quantitative estimate of drug-likeness (QED) is 0.809. The third-order valence-electron chi connectivity index (χ3n) is 3.46. The van der Waals surface area contributed by atoms with Crippen molar-refractivity contribution in [3.63, 3.8) is 0 Å². The zero-order chi connectivity index (χ0) is 14.9. The number of amides is 2.